The van der Waals surface area contributed by atoms with Gasteiger partial charge in [-0.1, -0.05) is 24.3 Å². The molecule has 1 aromatic carbocycles. The van der Waals surface area contributed by atoms with Crippen LogP contribution in [0.3, 0.4) is 0 Å². The predicted molar refractivity (Wildman–Crippen MR) is 70.1 cm³/mol. The van der Waals surface area contributed by atoms with Crippen molar-refractivity contribution in [3.8, 4) is 0 Å². The van der Waals surface area contributed by atoms with Crippen molar-refractivity contribution in [1.29, 1.82) is 0 Å². The van der Waals surface area contributed by atoms with Gasteiger partial charge in [0.05, 0.1) is 11.1 Å². The summed E-state index contributed by atoms with van der Waals surface area (Å²) in [6.07, 6.45) is 4.68. The predicted octanol–water partition coefficient (Wildman–Crippen LogP) is 3.28. The Kier molecular flexibility index (Phi) is 3.38. The summed E-state index contributed by atoms with van der Waals surface area (Å²) in [6, 6.07) is 8.09. The molecule has 1 aliphatic rings. The summed E-state index contributed by atoms with van der Waals surface area (Å²) in [4.78, 5) is 14.8. The first-order valence-corrected chi connectivity index (χ1v) is 6.30. The quantitative estimate of drug-likeness (QED) is 0.603. The highest BCUT2D eigenvalue weighted by Gasteiger charge is 2.42. The summed E-state index contributed by atoms with van der Waals surface area (Å²) in [5.74, 6) is 0. The number of ether oxygens (including phenoxy) is 1. The molecule has 3 nitrogen and oxygen atoms in total. The highest BCUT2D eigenvalue weighted by atomic mass is 16.5. The SMILES string of the molecule is COC(C)(C)c1ccccc1C1(N=C=O)CCC1. The van der Waals surface area contributed by atoms with E-state index in [1.807, 2.05) is 26.0 Å². The second-order valence-corrected chi connectivity index (χ2v) is 5.35. The fourth-order valence-corrected chi connectivity index (χ4v) is 2.56. The first-order chi connectivity index (χ1) is 8.56. The molecule has 18 heavy (non-hydrogen) atoms. The highest BCUT2D eigenvalue weighted by molar-refractivity contribution is 5.44. The van der Waals surface area contributed by atoms with E-state index in [0.717, 1.165) is 30.4 Å². The molecule has 0 amide bonds. The van der Waals surface area contributed by atoms with Gasteiger partial charge in [0.25, 0.3) is 0 Å². The van der Waals surface area contributed by atoms with E-state index in [1.54, 1.807) is 13.2 Å². The second kappa shape index (κ2) is 4.68. The summed E-state index contributed by atoms with van der Waals surface area (Å²) in [5.41, 5.74) is 1.46. The third-order valence-electron chi connectivity index (χ3n) is 4.03. The Morgan fingerprint density at radius 2 is 2.00 bits per heavy atom. The van der Waals surface area contributed by atoms with Gasteiger partial charge in [0.2, 0.25) is 6.08 Å². The molecule has 3 heteroatoms. The van der Waals surface area contributed by atoms with Crippen LogP contribution in [0.4, 0.5) is 0 Å². The van der Waals surface area contributed by atoms with Crippen molar-refractivity contribution in [3.63, 3.8) is 0 Å². The third kappa shape index (κ3) is 2.00. The molecule has 0 aliphatic heterocycles. The molecular formula is C15H19NO2. The van der Waals surface area contributed by atoms with Crippen LogP contribution in [0.25, 0.3) is 0 Å². The number of hydrogen-bond acceptors (Lipinski definition) is 3. The van der Waals surface area contributed by atoms with E-state index in [4.69, 9.17) is 4.74 Å². The van der Waals surface area contributed by atoms with Crippen LogP contribution in [0.15, 0.2) is 29.3 Å². The van der Waals surface area contributed by atoms with E-state index >= 15 is 0 Å². The van der Waals surface area contributed by atoms with Crippen LogP contribution >= 0.6 is 0 Å². The van der Waals surface area contributed by atoms with Crippen LogP contribution in [0.2, 0.25) is 0 Å². The zero-order valence-corrected chi connectivity index (χ0v) is 11.2. The first kappa shape index (κ1) is 13.0. The lowest BCUT2D eigenvalue weighted by Gasteiger charge is -2.40. The van der Waals surface area contributed by atoms with E-state index in [2.05, 4.69) is 17.1 Å². The highest BCUT2D eigenvalue weighted by Crippen LogP contribution is 2.47. The van der Waals surface area contributed by atoms with Gasteiger partial charge in [0, 0.05) is 7.11 Å². The monoisotopic (exact) mass is 245 g/mol. The van der Waals surface area contributed by atoms with E-state index < -0.39 is 0 Å². The zero-order chi connectivity index (χ0) is 13.2. The van der Waals surface area contributed by atoms with Crippen LogP contribution in [-0.2, 0) is 20.7 Å². The number of methoxy groups -OCH3 is 1. The Balaban J connectivity index is 2.54. The zero-order valence-electron chi connectivity index (χ0n) is 11.2. The lowest BCUT2D eigenvalue weighted by atomic mass is 9.69. The molecule has 96 valence electrons. The number of rotatable bonds is 4. The Morgan fingerprint density at radius 3 is 2.50 bits per heavy atom. The Bertz CT molecular complexity index is 483. The van der Waals surface area contributed by atoms with Crippen molar-refractivity contribution in [3.05, 3.63) is 35.4 Å². The Hall–Kier alpha value is -1.44. The van der Waals surface area contributed by atoms with Gasteiger partial charge in [-0.3, -0.25) is 0 Å². The molecule has 0 unspecified atom stereocenters. The molecule has 1 aliphatic carbocycles. The van der Waals surface area contributed by atoms with Crippen LogP contribution in [0.5, 0.6) is 0 Å². The van der Waals surface area contributed by atoms with Gasteiger partial charge in [-0.2, -0.15) is 4.99 Å². The molecule has 1 aromatic rings. The number of isocyanates is 1. The normalized spacial score (nSPS) is 17.7. The largest absolute Gasteiger partial charge is 0.374 e. The third-order valence-corrected chi connectivity index (χ3v) is 4.03. The average Bonchev–Trinajstić information content (AvgIpc) is 2.34. The number of nitrogens with zero attached hydrogens (tertiary/aromatic N) is 1. The minimum absolute atomic E-state index is 0.367. The summed E-state index contributed by atoms with van der Waals surface area (Å²) in [6.45, 7) is 4.06. The van der Waals surface area contributed by atoms with Gasteiger partial charge in [-0.05, 0) is 44.2 Å². The van der Waals surface area contributed by atoms with Crippen LogP contribution < -0.4 is 0 Å². The van der Waals surface area contributed by atoms with Gasteiger partial charge >= 0.3 is 0 Å². The summed E-state index contributed by atoms with van der Waals surface area (Å²) in [5, 5.41) is 0. The van der Waals surface area contributed by atoms with Crippen LogP contribution in [0.1, 0.15) is 44.2 Å². The van der Waals surface area contributed by atoms with Gasteiger partial charge < -0.3 is 4.74 Å². The molecule has 1 saturated carbocycles. The van der Waals surface area contributed by atoms with E-state index in [0.29, 0.717) is 0 Å². The molecule has 0 bridgehead atoms. The lowest BCUT2D eigenvalue weighted by Crippen LogP contribution is -2.35. The molecule has 0 spiro atoms. The summed E-state index contributed by atoms with van der Waals surface area (Å²) in [7, 11) is 1.70. The Morgan fingerprint density at radius 1 is 1.33 bits per heavy atom. The summed E-state index contributed by atoms with van der Waals surface area (Å²) < 4.78 is 5.57. The molecule has 0 radical (unpaired) electrons. The number of aliphatic imine (C=N–C) groups is 1. The fourth-order valence-electron chi connectivity index (χ4n) is 2.56. The van der Waals surface area contributed by atoms with E-state index in [1.165, 1.54) is 0 Å². The minimum Gasteiger partial charge on any atom is -0.374 e. The second-order valence-electron chi connectivity index (χ2n) is 5.35. The smallest absolute Gasteiger partial charge is 0.235 e. The molecule has 0 saturated heterocycles. The van der Waals surface area contributed by atoms with Crippen LogP contribution in [-0.4, -0.2) is 13.2 Å². The minimum atomic E-state index is -0.377. The van der Waals surface area contributed by atoms with Gasteiger partial charge in [0.15, 0.2) is 0 Å². The number of carbonyl (C=O) groups excluding carboxylic acids is 1. The number of benzene rings is 1. The molecular weight excluding hydrogens is 226 g/mol. The standard InChI is InChI=1S/C15H19NO2/c1-14(2,18-3)12-7-4-5-8-13(12)15(16-11-17)9-6-10-15/h4-5,7-8H,6,9-10H2,1-3H3. The van der Waals surface area contributed by atoms with E-state index in [-0.39, 0.29) is 11.1 Å². The van der Waals surface area contributed by atoms with E-state index in [9.17, 15) is 4.79 Å². The number of hydrogen-bond donors (Lipinski definition) is 0. The molecule has 0 N–H and O–H groups in total. The van der Waals surface area contributed by atoms with Crippen molar-refractivity contribution >= 4 is 6.08 Å². The maximum absolute atomic E-state index is 10.7. The van der Waals surface area contributed by atoms with Gasteiger partial charge in [-0.25, -0.2) is 4.79 Å². The maximum atomic E-state index is 10.7. The van der Waals surface area contributed by atoms with Crippen molar-refractivity contribution < 1.29 is 9.53 Å². The molecule has 2 rings (SSSR count). The topological polar surface area (TPSA) is 38.7 Å². The van der Waals surface area contributed by atoms with Gasteiger partial charge in [-0.15, -0.1) is 0 Å². The van der Waals surface area contributed by atoms with Crippen LogP contribution in [0, 0.1) is 0 Å². The van der Waals surface area contributed by atoms with Crippen molar-refractivity contribution in [2.45, 2.75) is 44.2 Å². The van der Waals surface area contributed by atoms with Gasteiger partial charge in [0.1, 0.15) is 0 Å². The lowest BCUT2D eigenvalue weighted by molar-refractivity contribution is 0.0166. The summed E-state index contributed by atoms with van der Waals surface area (Å²) >= 11 is 0. The van der Waals surface area contributed by atoms with Crippen molar-refractivity contribution in [2.75, 3.05) is 7.11 Å². The van der Waals surface area contributed by atoms with Crippen molar-refractivity contribution in [2.24, 2.45) is 4.99 Å². The Labute approximate surface area is 108 Å². The fraction of sp³-hybridized carbons (Fsp3) is 0.533. The van der Waals surface area contributed by atoms with Crippen molar-refractivity contribution in [1.82, 2.24) is 0 Å². The molecule has 1 fully saturated rings. The maximum Gasteiger partial charge on any atom is 0.235 e. The molecule has 0 heterocycles. The average molecular weight is 245 g/mol. The first-order valence-electron chi connectivity index (χ1n) is 6.30. The molecule has 0 atom stereocenters. The molecule has 0 aromatic heterocycles.